The lowest BCUT2D eigenvalue weighted by molar-refractivity contribution is 0.410. The van der Waals surface area contributed by atoms with Crippen molar-refractivity contribution in [3.63, 3.8) is 0 Å². The molecule has 2 aromatic rings. The molecule has 102 valence electrons. The van der Waals surface area contributed by atoms with E-state index in [9.17, 15) is 0 Å². The van der Waals surface area contributed by atoms with Crippen LogP contribution in [0.2, 0.25) is 0 Å². The van der Waals surface area contributed by atoms with Gasteiger partial charge in [0.25, 0.3) is 0 Å². The molecule has 0 spiro atoms. The first-order valence-electron chi connectivity index (χ1n) is 6.43. The number of ether oxygens (including phenoxy) is 1. The van der Waals surface area contributed by atoms with Gasteiger partial charge in [0.05, 0.1) is 13.2 Å². The predicted molar refractivity (Wildman–Crippen MR) is 72.4 cm³/mol. The molecule has 0 amide bonds. The Morgan fingerprint density at radius 3 is 2.89 bits per heavy atom. The number of rotatable bonds is 6. The molecule has 1 unspecified atom stereocenters. The number of nitrogens with zero attached hydrogens (tertiary/aromatic N) is 4. The summed E-state index contributed by atoms with van der Waals surface area (Å²) in [6.07, 6.45) is 1.07. The fourth-order valence-electron chi connectivity index (χ4n) is 1.89. The Bertz CT molecular complexity index is 525. The lowest BCUT2D eigenvalue weighted by Crippen LogP contribution is -2.22. The fraction of sp³-hybridized carbons (Fsp3) is 0.462. The van der Waals surface area contributed by atoms with Gasteiger partial charge in [0.1, 0.15) is 11.4 Å². The summed E-state index contributed by atoms with van der Waals surface area (Å²) in [5.41, 5.74) is 0.843. The normalized spacial score (nSPS) is 12.4. The Morgan fingerprint density at radius 1 is 1.37 bits per heavy atom. The molecule has 2 rings (SSSR count). The van der Waals surface area contributed by atoms with Crippen LogP contribution in [0.1, 0.15) is 32.1 Å². The van der Waals surface area contributed by atoms with Gasteiger partial charge in [0.15, 0.2) is 5.82 Å². The number of methoxy groups -OCH3 is 1. The number of benzene rings is 1. The predicted octanol–water partition coefficient (Wildman–Crippen LogP) is 1.73. The third kappa shape index (κ3) is 2.90. The van der Waals surface area contributed by atoms with Crippen LogP contribution >= 0.6 is 0 Å². The van der Waals surface area contributed by atoms with E-state index in [4.69, 9.17) is 4.74 Å². The van der Waals surface area contributed by atoms with E-state index in [1.807, 2.05) is 31.2 Å². The average molecular weight is 261 g/mol. The van der Waals surface area contributed by atoms with E-state index < -0.39 is 0 Å². The van der Waals surface area contributed by atoms with Crippen molar-refractivity contribution in [1.29, 1.82) is 0 Å². The third-order valence-electron chi connectivity index (χ3n) is 2.89. The van der Waals surface area contributed by atoms with Crippen molar-refractivity contribution in [2.45, 2.75) is 26.3 Å². The lowest BCUT2D eigenvalue weighted by atomic mass is 10.2. The largest absolute Gasteiger partial charge is 0.494 e. The van der Waals surface area contributed by atoms with Gasteiger partial charge in [-0.2, -0.15) is 4.68 Å². The minimum atomic E-state index is 0.0832. The summed E-state index contributed by atoms with van der Waals surface area (Å²) in [6.45, 7) is 5.11. The lowest BCUT2D eigenvalue weighted by Gasteiger charge is -2.14. The molecule has 6 nitrogen and oxygen atoms in total. The standard InChI is InChI=1S/C13H19N5O/c1-4-9-14-10(2)13-15-16-17-18(13)11-7-5-6-8-12(11)19-3/h5-8,10,14H,4,9H2,1-3H3. The Labute approximate surface area is 112 Å². The molecular weight excluding hydrogens is 242 g/mol. The quantitative estimate of drug-likeness (QED) is 0.858. The van der Waals surface area contributed by atoms with Crippen molar-refractivity contribution >= 4 is 0 Å². The highest BCUT2D eigenvalue weighted by Gasteiger charge is 2.17. The van der Waals surface area contributed by atoms with E-state index in [1.54, 1.807) is 11.8 Å². The first-order chi connectivity index (χ1) is 9.27. The summed E-state index contributed by atoms with van der Waals surface area (Å²) in [6, 6.07) is 7.77. The highest BCUT2D eigenvalue weighted by atomic mass is 16.5. The number of nitrogens with one attached hydrogen (secondary N) is 1. The number of hydrogen-bond donors (Lipinski definition) is 1. The molecule has 0 saturated carbocycles. The number of aromatic nitrogens is 4. The zero-order chi connectivity index (χ0) is 13.7. The number of hydrogen-bond acceptors (Lipinski definition) is 5. The monoisotopic (exact) mass is 261 g/mol. The topological polar surface area (TPSA) is 64.9 Å². The molecule has 0 radical (unpaired) electrons. The molecule has 0 bridgehead atoms. The van der Waals surface area contributed by atoms with Gasteiger partial charge in [-0.3, -0.25) is 0 Å². The molecule has 1 N–H and O–H groups in total. The van der Waals surface area contributed by atoms with Crippen molar-refractivity contribution in [2.75, 3.05) is 13.7 Å². The maximum absolute atomic E-state index is 5.35. The van der Waals surface area contributed by atoms with Gasteiger partial charge < -0.3 is 10.1 Å². The summed E-state index contributed by atoms with van der Waals surface area (Å²) in [5, 5.41) is 15.3. The van der Waals surface area contributed by atoms with Gasteiger partial charge in [-0.05, 0) is 42.4 Å². The van der Waals surface area contributed by atoms with Crippen molar-refractivity contribution in [1.82, 2.24) is 25.5 Å². The summed E-state index contributed by atoms with van der Waals surface area (Å²) in [4.78, 5) is 0. The fourth-order valence-corrected chi connectivity index (χ4v) is 1.89. The van der Waals surface area contributed by atoms with Gasteiger partial charge in [-0.15, -0.1) is 5.10 Å². The minimum Gasteiger partial charge on any atom is -0.494 e. The first kappa shape index (κ1) is 13.5. The molecule has 1 heterocycles. The average Bonchev–Trinajstić information content (AvgIpc) is 2.94. The zero-order valence-electron chi connectivity index (χ0n) is 11.5. The molecule has 0 aliphatic carbocycles. The van der Waals surface area contributed by atoms with Crippen molar-refractivity contribution < 1.29 is 4.74 Å². The van der Waals surface area contributed by atoms with E-state index in [0.717, 1.165) is 30.2 Å². The molecule has 1 aromatic heterocycles. The second kappa shape index (κ2) is 6.29. The van der Waals surface area contributed by atoms with Crippen molar-refractivity contribution in [3.05, 3.63) is 30.1 Å². The number of tetrazole rings is 1. The maximum Gasteiger partial charge on any atom is 0.173 e. The van der Waals surface area contributed by atoms with E-state index in [2.05, 4.69) is 27.8 Å². The molecule has 0 saturated heterocycles. The SMILES string of the molecule is CCCNC(C)c1nnnn1-c1ccccc1OC. The molecule has 1 aromatic carbocycles. The highest BCUT2D eigenvalue weighted by molar-refractivity contribution is 5.46. The highest BCUT2D eigenvalue weighted by Crippen LogP contribution is 2.23. The van der Waals surface area contributed by atoms with Crippen LogP contribution < -0.4 is 10.1 Å². The molecule has 0 fully saturated rings. The van der Waals surface area contributed by atoms with Gasteiger partial charge in [-0.25, -0.2) is 0 Å². The second-order valence-corrected chi connectivity index (χ2v) is 4.30. The van der Waals surface area contributed by atoms with E-state index >= 15 is 0 Å². The second-order valence-electron chi connectivity index (χ2n) is 4.30. The molecule has 1 atom stereocenters. The zero-order valence-corrected chi connectivity index (χ0v) is 11.5. The molecule has 0 aliphatic heterocycles. The summed E-state index contributed by atoms with van der Waals surface area (Å²) < 4.78 is 7.06. The minimum absolute atomic E-state index is 0.0832. The summed E-state index contributed by atoms with van der Waals surface area (Å²) in [7, 11) is 1.64. The van der Waals surface area contributed by atoms with Crippen LogP contribution in [0.3, 0.4) is 0 Å². The maximum atomic E-state index is 5.35. The Hall–Kier alpha value is -1.95. The molecule has 19 heavy (non-hydrogen) atoms. The van der Waals surface area contributed by atoms with Crippen molar-refractivity contribution in [2.24, 2.45) is 0 Å². The van der Waals surface area contributed by atoms with Crippen LogP contribution in [-0.2, 0) is 0 Å². The summed E-state index contributed by atoms with van der Waals surface area (Å²) >= 11 is 0. The van der Waals surface area contributed by atoms with Gasteiger partial charge in [0, 0.05) is 0 Å². The van der Waals surface area contributed by atoms with E-state index in [-0.39, 0.29) is 6.04 Å². The summed E-state index contributed by atoms with van der Waals surface area (Å²) in [5.74, 6) is 1.52. The van der Waals surface area contributed by atoms with Crippen LogP contribution in [0.15, 0.2) is 24.3 Å². The van der Waals surface area contributed by atoms with Gasteiger partial charge >= 0.3 is 0 Å². The van der Waals surface area contributed by atoms with Gasteiger partial charge in [-0.1, -0.05) is 19.1 Å². The van der Waals surface area contributed by atoms with Crippen LogP contribution in [0.5, 0.6) is 5.75 Å². The van der Waals surface area contributed by atoms with Crippen LogP contribution in [0.25, 0.3) is 5.69 Å². The van der Waals surface area contributed by atoms with Crippen LogP contribution in [0.4, 0.5) is 0 Å². The Morgan fingerprint density at radius 2 is 2.16 bits per heavy atom. The molecule has 0 aliphatic rings. The van der Waals surface area contributed by atoms with E-state index in [1.165, 1.54) is 0 Å². The third-order valence-corrected chi connectivity index (χ3v) is 2.89. The molecule has 6 heteroatoms. The smallest absolute Gasteiger partial charge is 0.173 e. The Balaban J connectivity index is 2.33. The first-order valence-corrected chi connectivity index (χ1v) is 6.43. The Kier molecular flexibility index (Phi) is 4.46. The molecular formula is C13H19N5O. The van der Waals surface area contributed by atoms with E-state index in [0.29, 0.717) is 0 Å². The van der Waals surface area contributed by atoms with Gasteiger partial charge in [0.2, 0.25) is 0 Å². The van der Waals surface area contributed by atoms with Crippen molar-refractivity contribution in [3.8, 4) is 11.4 Å². The van der Waals surface area contributed by atoms with Crippen LogP contribution in [0, 0.1) is 0 Å². The van der Waals surface area contributed by atoms with Crippen LogP contribution in [-0.4, -0.2) is 33.9 Å². The number of para-hydroxylation sites is 2.